The van der Waals surface area contributed by atoms with Crippen molar-refractivity contribution in [1.82, 2.24) is 15.3 Å². The predicted octanol–water partition coefficient (Wildman–Crippen LogP) is 1.60. The highest BCUT2D eigenvalue weighted by molar-refractivity contribution is 5.55. The van der Waals surface area contributed by atoms with Crippen LogP contribution in [0.15, 0.2) is 29.1 Å². The van der Waals surface area contributed by atoms with E-state index in [1.165, 1.54) is 12.1 Å². The molecule has 1 aromatic carbocycles. The van der Waals surface area contributed by atoms with Gasteiger partial charge >= 0.3 is 0 Å². The number of hydrogen-bond donors (Lipinski definition) is 2. The largest absolute Gasteiger partial charge is 0.314 e. The van der Waals surface area contributed by atoms with Crippen molar-refractivity contribution in [2.75, 3.05) is 7.05 Å². The molecule has 0 amide bonds. The smallest absolute Gasteiger partial charge is 0.251 e. The Morgan fingerprint density at radius 2 is 2.17 bits per heavy atom. The van der Waals surface area contributed by atoms with E-state index in [0.717, 1.165) is 0 Å². The van der Waals surface area contributed by atoms with Crippen molar-refractivity contribution in [3.63, 3.8) is 0 Å². The molecule has 0 unspecified atom stereocenters. The lowest BCUT2D eigenvalue weighted by Crippen LogP contribution is -2.14. The molecular formula is C13H14FN3O. The lowest BCUT2D eigenvalue weighted by Gasteiger charge is -2.05. The van der Waals surface area contributed by atoms with E-state index in [0.29, 0.717) is 29.2 Å². The predicted molar refractivity (Wildman–Crippen MR) is 67.8 cm³/mol. The van der Waals surface area contributed by atoms with Crippen molar-refractivity contribution in [2.45, 2.75) is 13.5 Å². The van der Waals surface area contributed by atoms with E-state index in [4.69, 9.17) is 0 Å². The lowest BCUT2D eigenvalue weighted by atomic mass is 10.1. The highest BCUT2D eigenvalue weighted by Gasteiger charge is 2.06. The Kier molecular flexibility index (Phi) is 3.53. The average molecular weight is 247 g/mol. The molecule has 94 valence electrons. The van der Waals surface area contributed by atoms with Crippen molar-refractivity contribution in [1.29, 1.82) is 0 Å². The van der Waals surface area contributed by atoms with Crippen LogP contribution in [0.4, 0.5) is 4.39 Å². The third-order valence-electron chi connectivity index (χ3n) is 2.60. The molecule has 5 heteroatoms. The molecule has 4 nitrogen and oxygen atoms in total. The van der Waals surface area contributed by atoms with E-state index in [-0.39, 0.29) is 11.4 Å². The van der Waals surface area contributed by atoms with Crippen LogP contribution in [0.2, 0.25) is 0 Å². The highest BCUT2D eigenvalue weighted by Crippen LogP contribution is 2.17. The molecule has 0 aliphatic carbocycles. The Morgan fingerprint density at radius 3 is 2.83 bits per heavy atom. The van der Waals surface area contributed by atoms with Crippen LogP contribution in [0.5, 0.6) is 0 Å². The number of H-pyrrole nitrogens is 1. The molecule has 2 rings (SSSR count). The van der Waals surface area contributed by atoms with Gasteiger partial charge in [0.2, 0.25) is 0 Å². The number of aromatic nitrogens is 2. The first-order chi connectivity index (χ1) is 8.60. The molecule has 2 N–H and O–H groups in total. The van der Waals surface area contributed by atoms with Crippen molar-refractivity contribution in [3.8, 4) is 11.4 Å². The Bertz CT molecular complexity index is 622. The van der Waals surface area contributed by atoms with E-state index in [2.05, 4.69) is 15.3 Å². The minimum absolute atomic E-state index is 0.244. The Morgan fingerprint density at radius 1 is 1.39 bits per heavy atom. The number of aryl methyl sites for hydroxylation is 1. The first kappa shape index (κ1) is 12.4. The zero-order valence-electron chi connectivity index (χ0n) is 10.2. The SMILES string of the molecule is CNCc1cc(=O)[nH]c(-c2ccc(C)c(F)c2)n1. The summed E-state index contributed by atoms with van der Waals surface area (Å²) in [6, 6.07) is 6.19. The molecule has 1 aromatic heterocycles. The van der Waals surface area contributed by atoms with E-state index < -0.39 is 0 Å². The molecule has 2 aromatic rings. The van der Waals surface area contributed by atoms with Gasteiger partial charge in [0.15, 0.2) is 0 Å². The maximum absolute atomic E-state index is 13.5. The van der Waals surface area contributed by atoms with Crippen LogP contribution in [0.1, 0.15) is 11.3 Å². The van der Waals surface area contributed by atoms with Crippen LogP contribution in [0.3, 0.4) is 0 Å². The lowest BCUT2D eigenvalue weighted by molar-refractivity contribution is 0.619. The van der Waals surface area contributed by atoms with E-state index in [1.54, 1.807) is 26.1 Å². The topological polar surface area (TPSA) is 57.8 Å². The fraction of sp³-hybridized carbons (Fsp3) is 0.231. The van der Waals surface area contributed by atoms with Gasteiger partial charge in [-0.05, 0) is 25.6 Å². The van der Waals surface area contributed by atoms with Crippen LogP contribution in [-0.2, 0) is 6.54 Å². The molecule has 0 bridgehead atoms. The van der Waals surface area contributed by atoms with E-state index in [1.807, 2.05) is 0 Å². The van der Waals surface area contributed by atoms with Crippen LogP contribution >= 0.6 is 0 Å². The molecule has 0 atom stereocenters. The average Bonchev–Trinajstić information content (AvgIpc) is 2.32. The molecule has 0 saturated carbocycles. The first-order valence-electron chi connectivity index (χ1n) is 5.61. The van der Waals surface area contributed by atoms with Crippen molar-refractivity contribution in [3.05, 3.63) is 51.7 Å². The van der Waals surface area contributed by atoms with Crippen LogP contribution in [0.25, 0.3) is 11.4 Å². The molecule has 0 fully saturated rings. The standard InChI is InChI=1S/C13H14FN3O/c1-8-3-4-9(5-11(8)14)13-16-10(7-15-2)6-12(18)17-13/h3-6,15H,7H2,1-2H3,(H,16,17,18). The second-order valence-corrected chi connectivity index (χ2v) is 4.08. The van der Waals surface area contributed by atoms with Gasteiger partial charge in [0, 0.05) is 18.2 Å². The zero-order chi connectivity index (χ0) is 13.1. The van der Waals surface area contributed by atoms with Crippen molar-refractivity contribution < 1.29 is 4.39 Å². The number of benzene rings is 1. The van der Waals surface area contributed by atoms with Gasteiger partial charge < -0.3 is 10.3 Å². The van der Waals surface area contributed by atoms with E-state index >= 15 is 0 Å². The summed E-state index contributed by atoms with van der Waals surface area (Å²) in [7, 11) is 1.77. The fourth-order valence-electron chi connectivity index (χ4n) is 1.66. The first-order valence-corrected chi connectivity index (χ1v) is 5.61. The summed E-state index contributed by atoms with van der Waals surface area (Å²) in [5, 5.41) is 2.92. The van der Waals surface area contributed by atoms with Gasteiger partial charge in [0.25, 0.3) is 5.56 Å². The third kappa shape index (κ3) is 2.62. The fourth-order valence-corrected chi connectivity index (χ4v) is 1.66. The van der Waals surface area contributed by atoms with Crippen molar-refractivity contribution >= 4 is 0 Å². The summed E-state index contributed by atoms with van der Waals surface area (Å²) in [6.07, 6.45) is 0. The molecule has 0 aliphatic heterocycles. The third-order valence-corrected chi connectivity index (χ3v) is 2.60. The minimum atomic E-state index is -0.311. The summed E-state index contributed by atoms with van der Waals surface area (Å²) in [6.45, 7) is 2.18. The highest BCUT2D eigenvalue weighted by atomic mass is 19.1. The number of nitrogens with one attached hydrogen (secondary N) is 2. The monoisotopic (exact) mass is 247 g/mol. The molecule has 0 radical (unpaired) electrons. The van der Waals surface area contributed by atoms with Gasteiger partial charge in [-0.2, -0.15) is 0 Å². The number of rotatable bonds is 3. The van der Waals surface area contributed by atoms with Gasteiger partial charge in [0.1, 0.15) is 11.6 Å². The van der Waals surface area contributed by atoms with Gasteiger partial charge in [-0.1, -0.05) is 12.1 Å². The Labute approximate surface area is 104 Å². The normalized spacial score (nSPS) is 10.6. The van der Waals surface area contributed by atoms with E-state index in [9.17, 15) is 9.18 Å². The maximum Gasteiger partial charge on any atom is 0.251 e. The Hall–Kier alpha value is -2.01. The van der Waals surface area contributed by atoms with Gasteiger partial charge in [-0.3, -0.25) is 4.79 Å². The molecule has 0 saturated heterocycles. The molecular weight excluding hydrogens is 233 g/mol. The van der Waals surface area contributed by atoms with Crippen molar-refractivity contribution in [2.24, 2.45) is 0 Å². The second kappa shape index (κ2) is 5.10. The minimum Gasteiger partial charge on any atom is -0.314 e. The van der Waals surface area contributed by atoms with Crippen LogP contribution in [-0.4, -0.2) is 17.0 Å². The summed E-state index contributed by atoms with van der Waals surface area (Å²) in [4.78, 5) is 18.4. The number of halogens is 1. The quantitative estimate of drug-likeness (QED) is 0.866. The van der Waals surface area contributed by atoms with Gasteiger partial charge in [-0.15, -0.1) is 0 Å². The summed E-state index contributed by atoms with van der Waals surface area (Å²) in [5.74, 6) is 0.0702. The number of hydrogen-bond acceptors (Lipinski definition) is 3. The molecule has 0 spiro atoms. The zero-order valence-corrected chi connectivity index (χ0v) is 10.2. The van der Waals surface area contributed by atoms with Gasteiger partial charge in [0.05, 0.1) is 5.69 Å². The van der Waals surface area contributed by atoms with Crippen LogP contribution < -0.4 is 10.9 Å². The maximum atomic E-state index is 13.5. The number of nitrogens with zero attached hydrogens (tertiary/aromatic N) is 1. The molecule has 18 heavy (non-hydrogen) atoms. The second-order valence-electron chi connectivity index (χ2n) is 4.08. The Balaban J connectivity index is 2.49. The molecule has 0 aliphatic rings. The van der Waals surface area contributed by atoms with Gasteiger partial charge in [-0.25, -0.2) is 9.37 Å². The van der Waals surface area contributed by atoms with Crippen LogP contribution in [0, 0.1) is 12.7 Å². The number of aromatic amines is 1. The molecule has 1 heterocycles. The summed E-state index contributed by atoms with van der Waals surface area (Å²) in [5.41, 5.74) is 1.50. The summed E-state index contributed by atoms with van der Waals surface area (Å²) >= 11 is 0. The summed E-state index contributed by atoms with van der Waals surface area (Å²) < 4.78 is 13.5.